The number of likely N-dealkylation sites (tertiary alicyclic amines) is 1. The number of esters is 1. The number of benzene rings is 1. The lowest BCUT2D eigenvalue weighted by molar-refractivity contribution is -0.384. The first kappa shape index (κ1) is 25.1. The van der Waals surface area contributed by atoms with Crippen LogP contribution in [0, 0.1) is 10.1 Å². The van der Waals surface area contributed by atoms with Crippen LogP contribution in [-0.2, 0) is 35.2 Å². The first-order valence-electron chi connectivity index (χ1n) is 8.60. The first-order chi connectivity index (χ1) is 15.0. The van der Waals surface area contributed by atoms with Gasteiger partial charge in [-0.25, -0.2) is 4.79 Å². The Bertz CT molecular complexity index is 1100. The fourth-order valence-corrected chi connectivity index (χ4v) is 3.35. The number of aliphatic hydroxyl groups is 1. The molecule has 1 aliphatic heterocycles. The van der Waals surface area contributed by atoms with E-state index in [9.17, 15) is 33.2 Å². The number of nitrogens with zero attached hydrogens (tertiary/aromatic N) is 5. The second-order valence-electron chi connectivity index (χ2n) is 6.34. The Morgan fingerprint density at radius 2 is 2.03 bits per heavy atom. The number of hydrogen-bond donors (Lipinski definition) is 1. The lowest BCUT2D eigenvalue weighted by Crippen LogP contribution is -2.66. The molecular formula is C16H16BrN5O9S. The summed E-state index contributed by atoms with van der Waals surface area (Å²) in [7, 11) is -3.93. The lowest BCUT2D eigenvalue weighted by Gasteiger charge is -2.44. The molecule has 1 aliphatic rings. The first-order valence-corrected chi connectivity index (χ1v) is 11.5. The summed E-state index contributed by atoms with van der Waals surface area (Å²) in [5, 5.41) is 23.9. The normalized spacial score (nSPS) is 18.8. The molecule has 2 atom stereocenters. The number of hydrogen-bond acceptors (Lipinski definition) is 10. The molecule has 14 nitrogen and oxygen atoms in total. The molecule has 1 saturated heterocycles. The van der Waals surface area contributed by atoms with Crippen LogP contribution in [0.15, 0.2) is 40.8 Å². The van der Waals surface area contributed by atoms with E-state index in [0.29, 0.717) is 5.56 Å². The van der Waals surface area contributed by atoms with Crippen LogP contribution in [0.25, 0.3) is 10.4 Å². The Morgan fingerprint density at radius 1 is 1.41 bits per heavy atom. The Balaban J connectivity index is 2.25. The summed E-state index contributed by atoms with van der Waals surface area (Å²) in [4.78, 5) is 38.5. The van der Waals surface area contributed by atoms with Gasteiger partial charge in [0, 0.05) is 17.0 Å². The molecule has 172 valence electrons. The van der Waals surface area contributed by atoms with Crippen LogP contribution in [0.1, 0.15) is 5.56 Å². The number of amides is 1. The number of alkyl halides is 1. The molecular weight excluding hydrogens is 518 g/mol. The van der Waals surface area contributed by atoms with Gasteiger partial charge in [-0.3, -0.25) is 24.0 Å². The van der Waals surface area contributed by atoms with Gasteiger partial charge in [-0.05, 0) is 23.2 Å². The average Bonchev–Trinajstić information content (AvgIpc) is 2.74. The highest BCUT2D eigenvalue weighted by atomic mass is 79.9. The van der Waals surface area contributed by atoms with E-state index in [1.54, 1.807) is 0 Å². The summed E-state index contributed by atoms with van der Waals surface area (Å²) in [5.41, 5.74) is 8.27. The van der Waals surface area contributed by atoms with Crippen LogP contribution in [0.3, 0.4) is 0 Å². The summed E-state index contributed by atoms with van der Waals surface area (Å²) in [6, 6.07) is 2.57. The number of allylic oxidation sites excluding steroid dienone is 1. The fourth-order valence-electron chi connectivity index (χ4n) is 2.70. The standard InChI is InChI=1S/C16H16BrN5O9S/c1-32(28,29)31-8-11-13(19-20-18)15(24)21(11)14(12(23)6-17)16(25)30-7-9-2-4-10(5-3-9)22(26)27/h2-5,11,13,23H,6-8H2,1H3/b14-12+/t11-,13+/m1/s1. The fraction of sp³-hybridized carbons (Fsp3) is 0.375. The van der Waals surface area contributed by atoms with E-state index in [-0.39, 0.29) is 17.6 Å². The number of carbonyl (C=O) groups is 2. The molecule has 2 rings (SSSR count). The van der Waals surface area contributed by atoms with Gasteiger partial charge >= 0.3 is 5.97 Å². The van der Waals surface area contributed by atoms with Gasteiger partial charge in [0.2, 0.25) is 5.91 Å². The Morgan fingerprint density at radius 3 is 2.53 bits per heavy atom. The highest BCUT2D eigenvalue weighted by Gasteiger charge is 2.51. The third kappa shape index (κ3) is 5.94. The highest BCUT2D eigenvalue weighted by Crippen LogP contribution is 2.31. The molecule has 1 amide bonds. The molecule has 0 radical (unpaired) electrons. The molecule has 0 aliphatic carbocycles. The van der Waals surface area contributed by atoms with Crippen molar-refractivity contribution in [3.05, 3.63) is 61.8 Å². The zero-order valence-electron chi connectivity index (χ0n) is 16.3. The second kappa shape index (κ2) is 10.4. The van der Waals surface area contributed by atoms with Gasteiger partial charge in [0.25, 0.3) is 15.8 Å². The minimum atomic E-state index is -3.93. The van der Waals surface area contributed by atoms with E-state index in [0.717, 1.165) is 11.2 Å². The Kier molecular flexibility index (Phi) is 8.15. The second-order valence-corrected chi connectivity index (χ2v) is 8.55. The van der Waals surface area contributed by atoms with Gasteiger partial charge in [-0.15, -0.1) is 0 Å². The zero-order valence-corrected chi connectivity index (χ0v) is 18.7. The summed E-state index contributed by atoms with van der Waals surface area (Å²) in [6.45, 7) is -0.981. The summed E-state index contributed by atoms with van der Waals surface area (Å²) in [5.74, 6) is -2.62. The summed E-state index contributed by atoms with van der Waals surface area (Å²) < 4.78 is 32.4. The van der Waals surface area contributed by atoms with Gasteiger partial charge in [0.15, 0.2) is 5.70 Å². The van der Waals surface area contributed by atoms with Crippen LogP contribution in [0.4, 0.5) is 5.69 Å². The molecule has 1 fully saturated rings. The van der Waals surface area contributed by atoms with Crippen molar-refractivity contribution in [1.82, 2.24) is 4.90 Å². The largest absolute Gasteiger partial charge is 0.509 e. The highest BCUT2D eigenvalue weighted by molar-refractivity contribution is 9.09. The van der Waals surface area contributed by atoms with Crippen LogP contribution in [-0.4, -0.2) is 65.5 Å². The predicted octanol–water partition coefficient (Wildman–Crippen LogP) is 1.67. The van der Waals surface area contributed by atoms with E-state index >= 15 is 0 Å². The number of β-lactam (4-membered cyclic amide) rings is 1. The maximum Gasteiger partial charge on any atom is 0.358 e. The number of nitro groups is 1. The van der Waals surface area contributed by atoms with E-state index in [2.05, 4.69) is 30.1 Å². The van der Waals surface area contributed by atoms with Gasteiger partial charge < -0.3 is 9.84 Å². The molecule has 32 heavy (non-hydrogen) atoms. The van der Waals surface area contributed by atoms with E-state index in [4.69, 9.17) is 10.3 Å². The number of ether oxygens (including phenoxy) is 1. The molecule has 1 heterocycles. The molecule has 0 aromatic heterocycles. The molecule has 0 bridgehead atoms. The molecule has 1 aromatic carbocycles. The van der Waals surface area contributed by atoms with Crippen molar-refractivity contribution in [2.75, 3.05) is 18.2 Å². The number of rotatable bonds is 10. The number of nitro benzene ring substituents is 1. The molecule has 1 N–H and O–H groups in total. The van der Waals surface area contributed by atoms with Crippen molar-refractivity contribution >= 4 is 43.6 Å². The van der Waals surface area contributed by atoms with Gasteiger partial charge in [0.05, 0.1) is 29.2 Å². The van der Waals surface area contributed by atoms with Gasteiger partial charge in [-0.2, -0.15) is 8.42 Å². The van der Waals surface area contributed by atoms with Crippen LogP contribution >= 0.6 is 15.9 Å². The SMILES string of the molecule is CS(=O)(=O)OC[C@@H]1[C@H](N=[N+]=[N-])C(=O)N1/C(C(=O)OCc1ccc([N+](=O)[O-])cc1)=C(/O)CBr. The lowest BCUT2D eigenvalue weighted by atomic mass is 9.95. The zero-order chi connectivity index (χ0) is 24.1. The van der Waals surface area contributed by atoms with Crippen molar-refractivity contribution < 1.29 is 37.0 Å². The van der Waals surface area contributed by atoms with Crippen LogP contribution in [0.2, 0.25) is 0 Å². The third-order valence-corrected chi connectivity index (χ3v) is 5.26. The number of carbonyl (C=O) groups excluding carboxylic acids is 2. The van der Waals surface area contributed by atoms with Gasteiger partial charge in [-0.1, -0.05) is 21.0 Å². The van der Waals surface area contributed by atoms with E-state index in [1.165, 1.54) is 24.3 Å². The predicted molar refractivity (Wildman–Crippen MR) is 111 cm³/mol. The maximum absolute atomic E-state index is 12.7. The number of non-ortho nitro benzene ring substituents is 1. The van der Waals surface area contributed by atoms with Crippen molar-refractivity contribution in [3.8, 4) is 0 Å². The topological polar surface area (TPSA) is 202 Å². The van der Waals surface area contributed by atoms with Crippen molar-refractivity contribution in [2.45, 2.75) is 18.7 Å². The minimum absolute atomic E-state index is 0.165. The van der Waals surface area contributed by atoms with E-state index < -0.39 is 57.1 Å². The smallest absolute Gasteiger partial charge is 0.358 e. The minimum Gasteiger partial charge on any atom is -0.509 e. The monoisotopic (exact) mass is 533 g/mol. The number of halogens is 1. The van der Waals surface area contributed by atoms with Gasteiger partial charge in [0.1, 0.15) is 18.4 Å². The Hall–Kier alpha value is -3.20. The quantitative estimate of drug-likeness (QED) is 0.0396. The van der Waals surface area contributed by atoms with Crippen LogP contribution < -0.4 is 0 Å². The van der Waals surface area contributed by atoms with Crippen molar-refractivity contribution in [3.63, 3.8) is 0 Å². The molecule has 0 saturated carbocycles. The molecule has 0 unspecified atom stereocenters. The van der Waals surface area contributed by atoms with E-state index in [1.807, 2.05) is 0 Å². The molecule has 16 heteroatoms. The Labute approximate surface area is 189 Å². The number of azide groups is 1. The summed E-state index contributed by atoms with van der Waals surface area (Å²) >= 11 is 2.95. The molecule has 1 aromatic rings. The van der Waals surface area contributed by atoms with Crippen LogP contribution in [0.5, 0.6) is 0 Å². The average molecular weight is 534 g/mol. The van der Waals surface area contributed by atoms with Crippen molar-refractivity contribution in [2.24, 2.45) is 5.11 Å². The maximum atomic E-state index is 12.7. The molecule has 0 spiro atoms. The summed E-state index contributed by atoms with van der Waals surface area (Å²) in [6.07, 6.45) is 0.769. The third-order valence-electron chi connectivity index (χ3n) is 4.17. The number of aliphatic hydroxyl groups excluding tert-OH is 1. The van der Waals surface area contributed by atoms with Crippen molar-refractivity contribution in [1.29, 1.82) is 0 Å².